The lowest BCUT2D eigenvalue weighted by Crippen LogP contribution is -2.31. The molecule has 1 aromatic rings. The maximum atomic E-state index is 10.7. The lowest BCUT2D eigenvalue weighted by atomic mass is 9.79. The van der Waals surface area contributed by atoms with Crippen LogP contribution in [-0.4, -0.2) is 37.7 Å². The number of rotatable bonds is 4. The quantitative estimate of drug-likeness (QED) is 0.502. The topological polar surface area (TPSA) is 76.0 Å². The molecule has 80 valence electrons. The smallest absolute Gasteiger partial charge is 0.492 e. The van der Waals surface area contributed by atoms with Crippen LogP contribution in [0.1, 0.15) is 10.4 Å². The maximum Gasteiger partial charge on any atom is 0.492 e. The van der Waals surface area contributed by atoms with Crippen molar-refractivity contribution in [1.29, 1.82) is 0 Å². The molecule has 0 atom stereocenters. The van der Waals surface area contributed by atoms with E-state index in [1.165, 1.54) is 26.4 Å². The van der Waals surface area contributed by atoms with E-state index in [1.807, 2.05) is 0 Å². The van der Waals surface area contributed by atoms with E-state index in [0.717, 1.165) is 0 Å². The summed E-state index contributed by atoms with van der Waals surface area (Å²) in [6, 6.07) is 2.83. The van der Waals surface area contributed by atoms with Crippen molar-refractivity contribution < 1.29 is 24.3 Å². The number of carbonyl (C=O) groups is 1. The molecule has 0 unspecified atom stereocenters. The summed E-state index contributed by atoms with van der Waals surface area (Å²) in [7, 11) is 1.06. The number of carbonyl (C=O) groups excluding carboxylic acids is 1. The first-order chi connectivity index (χ1) is 7.15. The number of hydrogen-bond acceptors (Lipinski definition) is 5. The summed E-state index contributed by atoms with van der Waals surface area (Å²) in [5.41, 5.74) is 0.443. The molecule has 15 heavy (non-hydrogen) atoms. The van der Waals surface area contributed by atoms with Crippen molar-refractivity contribution in [2.75, 3.05) is 14.2 Å². The molecule has 0 heterocycles. The number of methoxy groups -OCH3 is 2. The van der Waals surface area contributed by atoms with Gasteiger partial charge in [0, 0.05) is 5.46 Å². The molecule has 2 N–H and O–H groups in total. The van der Waals surface area contributed by atoms with Gasteiger partial charge in [0.1, 0.15) is 0 Å². The summed E-state index contributed by atoms with van der Waals surface area (Å²) in [6.07, 6.45) is 0.606. The van der Waals surface area contributed by atoms with Crippen molar-refractivity contribution in [1.82, 2.24) is 0 Å². The van der Waals surface area contributed by atoms with Crippen LogP contribution in [-0.2, 0) is 0 Å². The zero-order valence-corrected chi connectivity index (χ0v) is 8.43. The van der Waals surface area contributed by atoms with Gasteiger partial charge in [-0.1, -0.05) is 6.07 Å². The van der Waals surface area contributed by atoms with Crippen LogP contribution < -0.4 is 14.9 Å². The lowest BCUT2D eigenvalue weighted by Gasteiger charge is -2.13. The molecular weight excluding hydrogens is 199 g/mol. The van der Waals surface area contributed by atoms with E-state index in [-0.39, 0.29) is 17.0 Å². The van der Waals surface area contributed by atoms with E-state index >= 15 is 0 Å². The second-order valence-corrected chi connectivity index (χ2v) is 2.80. The van der Waals surface area contributed by atoms with Gasteiger partial charge in [-0.2, -0.15) is 0 Å². The molecule has 0 bridgehead atoms. The van der Waals surface area contributed by atoms with Crippen molar-refractivity contribution in [3.8, 4) is 11.5 Å². The van der Waals surface area contributed by atoms with Gasteiger partial charge in [0.25, 0.3) is 0 Å². The summed E-state index contributed by atoms with van der Waals surface area (Å²) < 4.78 is 9.94. The Morgan fingerprint density at radius 2 is 1.80 bits per heavy atom. The predicted molar refractivity (Wildman–Crippen MR) is 54.8 cm³/mol. The Morgan fingerprint density at radius 1 is 1.20 bits per heavy atom. The van der Waals surface area contributed by atoms with Crippen molar-refractivity contribution >= 4 is 18.9 Å². The lowest BCUT2D eigenvalue weighted by molar-refractivity contribution is 0.112. The molecule has 0 spiro atoms. The highest BCUT2D eigenvalue weighted by Crippen LogP contribution is 2.28. The highest BCUT2D eigenvalue weighted by Gasteiger charge is 2.22. The SMILES string of the molecule is COc1c(C=O)ccc(B(O)O)c1OC. The molecule has 0 aromatic heterocycles. The third-order valence-electron chi connectivity index (χ3n) is 1.99. The molecule has 0 amide bonds. The molecule has 0 saturated heterocycles. The normalized spacial score (nSPS) is 9.60. The zero-order chi connectivity index (χ0) is 11.4. The summed E-state index contributed by atoms with van der Waals surface area (Å²) in [5, 5.41) is 18.1. The molecule has 0 saturated carbocycles. The van der Waals surface area contributed by atoms with Gasteiger partial charge >= 0.3 is 7.12 Å². The fourth-order valence-corrected chi connectivity index (χ4v) is 1.31. The maximum absolute atomic E-state index is 10.7. The van der Waals surface area contributed by atoms with Crippen molar-refractivity contribution in [2.45, 2.75) is 0 Å². The molecule has 0 aliphatic carbocycles. The molecule has 0 fully saturated rings. The Morgan fingerprint density at radius 3 is 2.20 bits per heavy atom. The molecule has 5 nitrogen and oxygen atoms in total. The van der Waals surface area contributed by atoms with Crippen LogP contribution in [0.3, 0.4) is 0 Å². The first kappa shape index (κ1) is 11.5. The van der Waals surface area contributed by atoms with E-state index in [1.54, 1.807) is 0 Å². The Balaban J connectivity index is 3.40. The number of hydrogen-bond donors (Lipinski definition) is 2. The van der Waals surface area contributed by atoms with Crippen LogP contribution in [0.15, 0.2) is 12.1 Å². The van der Waals surface area contributed by atoms with Gasteiger partial charge in [0.15, 0.2) is 17.8 Å². The highest BCUT2D eigenvalue weighted by atomic mass is 16.5. The molecule has 0 radical (unpaired) electrons. The number of benzene rings is 1. The Bertz CT molecular complexity index is 364. The van der Waals surface area contributed by atoms with Crippen LogP contribution in [0.4, 0.5) is 0 Å². The average Bonchev–Trinajstić information content (AvgIpc) is 2.26. The van der Waals surface area contributed by atoms with Gasteiger partial charge in [0.05, 0.1) is 19.8 Å². The second-order valence-electron chi connectivity index (χ2n) is 2.80. The van der Waals surface area contributed by atoms with E-state index in [9.17, 15) is 4.79 Å². The van der Waals surface area contributed by atoms with Gasteiger partial charge < -0.3 is 19.5 Å². The highest BCUT2D eigenvalue weighted by molar-refractivity contribution is 6.60. The van der Waals surface area contributed by atoms with Crippen LogP contribution >= 0.6 is 0 Å². The minimum atomic E-state index is -1.67. The Kier molecular flexibility index (Phi) is 3.71. The van der Waals surface area contributed by atoms with Gasteiger partial charge in [-0.15, -0.1) is 0 Å². The summed E-state index contributed by atoms with van der Waals surface area (Å²) in [6.45, 7) is 0. The van der Waals surface area contributed by atoms with E-state index < -0.39 is 7.12 Å². The Hall–Kier alpha value is -1.53. The second kappa shape index (κ2) is 4.81. The number of aldehydes is 1. The first-order valence-electron chi connectivity index (χ1n) is 4.21. The third-order valence-corrected chi connectivity index (χ3v) is 1.99. The fourth-order valence-electron chi connectivity index (χ4n) is 1.31. The molecular formula is C9H11BO5. The van der Waals surface area contributed by atoms with Gasteiger partial charge in [0.2, 0.25) is 0 Å². The summed E-state index contributed by atoms with van der Waals surface area (Å²) in [4.78, 5) is 10.7. The minimum Gasteiger partial charge on any atom is -0.493 e. The number of ether oxygens (including phenoxy) is 2. The fraction of sp³-hybridized carbons (Fsp3) is 0.222. The monoisotopic (exact) mass is 210 g/mol. The molecule has 1 rings (SSSR count). The average molecular weight is 210 g/mol. The first-order valence-corrected chi connectivity index (χ1v) is 4.21. The van der Waals surface area contributed by atoms with Crippen molar-refractivity contribution in [3.05, 3.63) is 17.7 Å². The van der Waals surface area contributed by atoms with E-state index in [2.05, 4.69) is 0 Å². The molecule has 6 heteroatoms. The van der Waals surface area contributed by atoms with Crippen LogP contribution in [0.25, 0.3) is 0 Å². The van der Waals surface area contributed by atoms with Gasteiger partial charge in [-0.3, -0.25) is 4.79 Å². The van der Waals surface area contributed by atoms with Crippen LogP contribution in [0.2, 0.25) is 0 Å². The third kappa shape index (κ3) is 2.11. The zero-order valence-electron chi connectivity index (χ0n) is 8.43. The Labute approximate surface area is 87.4 Å². The van der Waals surface area contributed by atoms with E-state index in [4.69, 9.17) is 19.5 Å². The van der Waals surface area contributed by atoms with Crippen LogP contribution in [0.5, 0.6) is 11.5 Å². The standard InChI is InChI=1S/C9H11BO5/c1-14-8-6(5-11)3-4-7(10(12)13)9(8)15-2/h3-5,12-13H,1-2H3. The van der Waals surface area contributed by atoms with Gasteiger partial charge in [-0.05, 0) is 6.07 Å². The summed E-state index contributed by atoms with van der Waals surface area (Å²) >= 11 is 0. The van der Waals surface area contributed by atoms with Crippen molar-refractivity contribution in [3.63, 3.8) is 0 Å². The largest absolute Gasteiger partial charge is 0.493 e. The predicted octanol–water partition coefficient (Wildman–Crippen LogP) is -0.804. The molecule has 1 aromatic carbocycles. The summed E-state index contributed by atoms with van der Waals surface area (Å²) in [5.74, 6) is 0.343. The van der Waals surface area contributed by atoms with Gasteiger partial charge in [-0.25, -0.2) is 0 Å². The molecule has 0 aliphatic heterocycles. The minimum absolute atomic E-state index is 0.150. The molecule has 0 aliphatic rings. The van der Waals surface area contributed by atoms with Crippen LogP contribution in [0, 0.1) is 0 Å². The van der Waals surface area contributed by atoms with E-state index in [0.29, 0.717) is 11.8 Å². The van der Waals surface area contributed by atoms with Crippen molar-refractivity contribution in [2.24, 2.45) is 0 Å².